The van der Waals surface area contributed by atoms with Crippen molar-refractivity contribution in [1.29, 1.82) is 5.26 Å². The number of hydrogen-bond acceptors (Lipinski definition) is 6. The molecule has 0 unspecified atom stereocenters. The summed E-state index contributed by atoms with van der Waals surface area (Å²) in [7, 11) is 0. The van der Waals surface area contributed by atoms with Gasteiger partial charge in [-0.2, -0.15) is 5.26 Å². The van der Waals surface area contributed by atoms with Crippen LogP contribution in [0.2, 0.25) is 0 Å². The molecule has 0 radical (unpaired) electrons. The van der Waals surface area contributed by atoms with Crippen LogP contribution in [0.5, 0.6) is 0 Å². The number of ether oxygens (including phenoxy) is 1. The van der Waals surface area contributed by atoms with Crippen LogP contribution in [-0.4, -0.2) is 68.8 Å². The first-order valence-corrected chi connectivity index (χ1v) is 13.4. The van der Waals surface area contributed by atoms with Gasteiger partial charge in [-0.1, -0.05) is 30.3 Å². The molecule has 1 aromatic carbocycles. The van der Waals surface area contributed by atoms with Gasteiger partial charge in [-0.15, -0.1) is 0 Å². The number of aromatic nitrogens is 1. The second-order valence-electron chi connectivity index (χ2n) is 10.0. The zero-order valence-electron chi connectivity index (χ0n) is 20.9. The maximum absolute atomic E-state index is 10.2. The fourth-order valence-corrected chi connectivity index (χ4v) is 5.67. The third kappa shape index (κ3) is 5.95. The highest BCUT2D eigenvalue weighted by Crippen LogP contribution is 2.32. The normalized spacial score (nSPS) is 19.2. The molecule has 35 heavy (non-hydrogen) atoms. The van der Waals surface area contributed by atoms with E-state index >= 15 is 0 Å². The van der Waals surface area contributed by atoms with Crippen LogP contribution in [-0.2, 0) is 24.2 Å². The van der Waals surface area contributed by atoms with Gasteiger partial charge in [-0.05, 0) is 43.2 Å². The molecule has 4 heterocycles. The van der Waals surface area contributed by atoms with Gasteiger partial charge in [-0.25, -0.2) is 4.98 Å². The van der Waals surface area contributed by atoms with Gasteiger partial charge in [-0.3, -0.25) is 14.7 Å². The lowest BCUT2D eigenvalue weighted by Crippen LogP contribution is -2.39. The number of nitriles is 1. The van der Waals surface area contributed by atoms with E-state index in [9.17, 15) is 5.26 Å². The Balaban J connectivity index is 1.36. The van der Waals surface area contributed by atoms with Gasteiger partial charge in [0.2, 0.25) is 11.6 Å². The first kappa shape index (κ1) is 24.1. The minimum Gasteiger partial charge on any atom is -0.379 e. The van der Waals surface area contributed by atoms with Crippen molar-refractivity contribution in [2.24, 2.45) is 0 Å². The molecular weight excluding hydrogens is 436 g/mol. The zero-order chi connectivity index (χ0) is 23.9. The van der Waals surface area contributed by atoms with Gasteiger partial charge in [0, 0.05) is 44.8 Å². The molecule has 0 bridgehead atoms. The second kappa shape index (κ2) is 11.9. The third-order valence-corrected chi connectivity index (χ3v) is 7.60. The van der Waals surface area contributed by atoms with E-state index in [1.807, 2.05) is 0 Å². The summed E-state index contributed by atoms with van der Waals surface area (Å²) < 4.78 is 5.48. The average Bonchev–Trinajstić information content (AvgIpc) is 2.92. The fraction of sp³-hybridized carbons (Fsp3) is 0.571. The Morgan fingerprint density at radius 1 is 0.943 bits per heavy atom. The topological polar surface area (TPSA) is 68.9 Å². The van der Waals surface area contributed by atoms with Crippen LogP contribution in [0.1, 0.15) is 47.9 Å². The summed E-state index contributed by atoms with van der Waals surface area (Å²) in [6, 6.07) is 13.3. The highest BCUT2D eigenvalue weighted by Gasteiger charge is 2.31. The summed E-state index contributed by atoms with van der Waals surface area (Å²) in [5, 5.41) is 14.0. The van der Waals surface area contributed by atoms with Crippen molar-refractivity contribution in [1.82, 2.24) is 9.80 Å². The molecule has 186 valence electrons. The molecular formula is C28H39N6O+. The summed E-state index contributed by atoms with van der Waals surface area (Å²) in [5.41, 5.74) is 4.72. The number of rotatable bonds is 8. The van der Waals surface area contributed by atoms with Gasteiger partial charge in [0.05, 0.1) is 32.8 Å². The van der Waals surface area contributed by atoms with E-state index < -0.39 is 0 Å². The van der Waals surface area contributed by atoms with Crippen molar-refractivity contribution in [2.75, 3.05) is 69.2 Å². The molecule has 0 amide bonds. The Labute approximate surface area is 209 Å². The Kier molecular flexibility index (Phi) is 8.14. The highest BCUT2D eigenvalue weighted by atomic mass is 16.5. The summed E-state index contributed by atoms with van der Waals surface area (Å²) >= 11 is 0. The van der Waals surface area contributed by atoms with E-state index in [0.717, 1.165) is 102 Å². The van der Waals surface area contributed by atoms with Crippen LogP contribution < -0.4 is 15.2 Å². The predicted molar refractivity (Wildman–Crippen MR) is 138 cm³/mol. The zero-order valence-corrected chi connectivity index (χ0v) is 20.9. The molecule has 3 aliphatic rings. The van der Waals surface area contributed by atoms with Crippen molar-refractivity contribution < 1.29 is 9.72 Å². The molecule has 0 spiro atoms. The maximum atomic E-state index is 10.2. The number of nitrogens with one attached hydrogen (secondary N) is 2. The molecule has 3 aliphatic heterocycles. The lowest BCUT2D eigenvalue weighted by atomic mass is 9.94. The summed E-state index contributed by atoms with van der Waals surface area (Å²) in [4.78, 5) is 11.1. The third-order valence-electron chi connectivity index (χ3n) is 7.60. The summed E-state index contributed by atoms with van der Waals surface area (Å²) in [5.74, 6) is 2.14. The molecule has 5 rings (SSSR count). The Hall–Kier alpha value is -2.66. The van der Waals surface area contributed by atoms with E-state index in [0.29, 0.717) is 0 Å². The molecule has 2 fully saturated rings. The van der Waals surface area contributed by atoms with Crippen molar-refractivity contribution in [3.05, 3.63) is 52.6 Å². The number of morpholine rings is 1. The highest BCUT2D eigenvalue weighted by molar-refractivity contribution is 5.62. The van der Waals surface area contributed by atoms with Crippen molar-refractivity contribution in [2.45, 2.75) is 45.2 Å². The van der Waals surface area contributed by atoms with Crippen molar-refractivity contribution in [3.63, 3.8) is 0 Å². The molecule has 2 saturated heterocycles. The van der Waals surface area contributed by atoms with Gasteiger partial charge >= 0.3 is 0 Å². The van der Waals surface area contributed by atoms with E-state index in [1.165, 1.54) is 36.0 Å². The lowest BCUT2D eigenvalue weighted by molar-refractivity contribution is -0.348. The van der Waals surface area contributed by atoms with Crippen LogP contribution in [0.25, 0.3) is 0 Å². The average molecular weight is 476 g/mol. The largest absolute Gasteiger partial charge is 0.379 e. The van der Waals surface area contributed by atoms with Gasteiger partial charge in [0.1, 0.15) is 11.6 Å². The van der Waals surface area contributed by atoms with Gasteiger partial charge < -0.3 is 10.1 Å². The molecule has 0 atom stereocenters. The molecule has 7 heteroatoms. The number of anilines is 2. The first-order chi connectivity index (χ1) is 17.3. The quantitative estimate of drug-likeness (QED) is 0.592. The maximum Gasteiger partial charge on any atom is 0.240 e. The van der Waals surface area contributed by atoms with Crippen LogP contribution >= 0.6 is 0 Å². The first-order valence-electron chi connectivity index (χ1n) is 13.4. The number of piperidine rings is 1. The summed E-state index contributed by atoms with van der Waals surface area (Å²) in [6.45, 7) is 10.6. The Morgan fingerprint density at radius 2 is 1.74 bits per heavy atom. The van der Waals surface area contributed by atoms with Crippen molar-refractivity contribution >= 4 is 11.6 Å². The molecule has 0 saturated carbocycles. The molecule has 2 aromatic rings. The number of hydrogen-bond donors (Lipinski definition) is 1. The standard InChI is InChI=1S/C28H38N6O/c29-20-25-24-10-15-33(21-23-8-3-1-4-9-23)22-26(24)27(31-28(25)34-13-5-2-6-14-34)30-11-7-12-32-16-18-35-19-17-32/h1,3-4,8-9H,2,5-7,10-19,21-22H2,(H,30,31)/p+1. The summed E-state index contributed by atoms with van der Waals surface area (Å²) in [6.07, 6.45) is 5.69. The SMILES string of the molecule is N#Cc1c(N2CCCCC2)[nH+]c(NCCCN2CCOCC2)c2c1CCN(Cc1ccccc1)C2. The molecule has 0 aliphatic carbocycles. The van der Waals surface area contributed by atoms with E-state index in [-0.39, 0.29) is 0 Å². The number of aromatic amines is 1. The van der Waals surface area contributed by atoms with Crippen LogP contribution in [0.3, 0.4) is 0 Å². The number of benzene rings is 1. The Morgan fingerprint density at radius 3 is 2.51 bits per heavy atom. The van der Waals surface area contributed by atoms with E-state index in [4.69, 9.17) is 4.74 Å². The fourth-order valence-electron chi connectivity index (χ4n) is 5.67. The van der Waals surface area contributed by atoms with E-state index in [1.54, 1.807) is 0 Å². The Bertz CT molecular complexity index is 1010. The minimum absolute atomic E-state index is 0.848. The smallest absolute Gasteiger partial charge is 0.240 e. The van der Waals surface area contributed by atoms with Crippen LogP contribution in [0, 0.1) is 11.3 Å². The van der Waals surface area contributed by atoms with E-state index in [2.05, 4.69) is 61.4 Å². The number of fused-ring (bicyclic) bond motifs is 1. The minimum atomic E-state index is 0.848. The number of pyridine rings is 1. The predicted octanol–water partition coefficient (Wildman–Crippen LogP) is 3.06. The van der Waals surface area contributed by atoms with Crippen molar-refractivity contribution in [3.8, 4) is 6.07 Å². The van der Waals surface area contributed by atoms with Crippen LogP contribution in [0.4, 0.5) is 11.6 Å². The molecule has 2 N–H and O–H groups in total. The van der Waals surface area contributed by atoms with Gasteiger partial charge in [0.25, 0.3) is 0 Å². The monoisotopic (exact) mass is 475 g/mol. The number of nitrogens with zero attached hydrogens (tertiary/aromatic N) is 4. The number of H-pyrrole nitrogens is 1. The van der Waals surface area contributed by atoms with Crippen LogP contribution in [0.15, 0.2) is 30.3 Å². The molecule has 7 nitrogen and oxygen atoms in total. The van der Waals surface area contributed by atoms with Gasteiger partial charge in [0.15, 0.2) is 0 Å². The lowest BCUT2D eigenvalue weighted by Gasteiger charge is -2.32. The second-order valence-corrected chi connectivity index (χ2v) is 10.0. The molecule has 1 aromatic heterocycles.